The number of aryl methyl sites for hydroxylation is 2. The van der Waals surface area contributed by atoms with Crippen LogP contribution in [0.5, 0.6) is 0 Å². The van der Waals surface area contributed by atoms with E-state index in [0.717, 1.165) is 6.42 Å². The molecule has 0 bridgehead atoms. The third-order valence-electron chi connectivity index (χ3n) is 5.46. The fourth-order valence-electron chi connectivity index (χ4n) is 3.68. The van der Waals surface area contributed by atoms with Gasteiger partial charge in [0, 0.05) is 53.5 Å². The van der Waals surface area contributed by atoms with Gasteiger partial charge in [0.05, 0.1) is 9.85 Å². The quantitative estimate of drug-likeness (QED) is 0.557. The monoisotopic (exact) mass is 426 g/mol. The maximum absolute atomic E-state index is 12.9. The molecule has 10 heteroatoms. The van der Waals surface area contributed by atoms with Crippen LogP contribution in [0.25, 0.3) is 0 Å². The average Bonchev–Trinajstić information content (AvgIpc) is 3.20. The Bertz CT molecular complexity index is 1070. The first-order valence-corrected chi connectivity index (χ1v) is 9.78. The molecule has 1 N–H and O–H groups in total. The van der Waals surface area contributed by atoms with Crippen LogP contribution < -0.4 is 5.32 Å². The zero-order chi connectivity index (χ0) is 22.7. The molecule has 0 aromatic heterocycles. The molecule has 0 aliphatic carbocycles. The van der Waals surface area contributed by atoms with Gasteiger partial charge in [-0.1, -0.05) is 12.1 Å². The minimum Gasteiger partial charge on any atom is -0.350 e. The fourth-order valence-corrected chi connectivity index (χ4v) is 3.68. The summed E-state index contributed by atoms with van der Waals surface area (Å²) >= 11 is 0. The van der Waals surface area contributed by atoms with Gasteiger partial charge in [0.25, 0.3) is 23.2 Å². The first-order chi connectivity index (χ1) is 14.7. The first kappa shape index (κ1) is 21.9. The number of nitro groups is 2. The van der Waals surface area contributed by atoms with Gasteiger partial charge in [-0.05, 0) is 38.8 Å². The Kier molecular flexibility index (Phi) is 6.28. The molecule has 1 fully saturated rings. The van der Waals surface area contributed by atoms with Gasteiger partial charge in [-0.15, -0.1) is 0 Å². The van der Waals surface area contributed by atoms with E-state index >= 15 is 0 Å². The maximum Gasteiger partial charge on any atom is 0.273 e. The number of carbonyl (C=O) groups is 2. The van der Waals surface area contributed by atoms with Gasteiger partial charge in [0.1, 0.15) is 0 Å². The first-order valence-electron chi connectivity index (χ1n) is 9.78. The number of nitro benzene ring substituents is 2. The van der Waals surface area contributed by atoms with E-state index in [-0.39, 0.29) is 41.0 Å². The maximum atomic E-state index is 12.9. The molecule has 0 radical (unpaired) electrons. The van der Waals surface area contributed by atoms with Gasteiger partial charge in [-0.2, -0.15) is 0 Å². The van der Waals surface area contributed by atoms with E-state index in [1.54, 1.807) is 30.9 Å². The predicted octanol–water partition coefficient (Wildman–Crippen LogP) is 3.15. The van der Waals surface area contributed by atoms with E-state index in [9.17, 15) is 29.8 Å². The van der Waals surface area contributed by atoms with E-state index in [1.165, 1.54) is 24.3 Å². The van der Waals surface area contributed by atoms with Gasteiger partial charge >= 0.3 is 0 Å². The van der Waals surface area contributed by atoms with Crippen molar-refractivity contribution >= 4 is 23.2 Å². The summed E-state index contributed by atoms with van der Waals surface area (Å²) in [6.07, 6.45) is 1.42. The van der Waals surface area contributed by atoms with Gasteiger partial charge in [-0.25, -0.2) is 0 Å². The van der Waals surface area contributed by atoms with Crippen LogP contribution in [0.15, 0.2) is 36.4 Å². The summed E-state index contributed by atoms with van der Waals surface area (Å²) in [5.74, 6) is -0.792. The average molecular weight is 426 g/mol. The summed E-state index contributed by atoms with van der Waals surface area (Å²) in [6.45, 7) is 3.87. The van der Waals surface area contributed by atoms with E-state index < -0.39 is 15.8 Å². The molecule has 31 heavy (non-hydrogen) atoms. The molecule has 0 saturated carbocycles. The molecule has 3 rings (SSSR count). The van der Waals surface area contributed by atoms with Crippen LogP contribution in [-0.2, 0) is 0 Å². The highest BCUT2D eigenvalue weighted by molar-refractivity contribution is 5.96. The summed E-state index contributed by atoms with van der Waals surface area (Å²) < 4.78 is 0. The highest BCUT2D eigenvalue weighted by Gasteiger charge is 2.30. The molecule has 0 unspecified atom stereocenters. The number of amides is 2. The Balaban J connectivity index is 1.70. The van der Waals surface area contributed by atoms with E-state index in [2.05, 4.69) is 5.32 Å². The number of nitrogens with one attached hydrogen (secondary N) is 1. The van der Waals surface area contributed by atoms with Crippen LogP contribution in [0.2, 0.25) is 0 Å². The lowest BCUT2D eigenvalue weighted by Gasteiger charge is -2.25. The van der Waals surface area contributed by atoms with E-state index in [4.69, 9.17) is 0 Å². The van der Waals surface area contributed by atoms with Crippen LogP contribution in [0.1, 0.15) is 44.7 Å². The number of hydrogen-bond acceptors (Lipinski definition) is 6. The van der Waals surface area contributed by atoms with Crippen molar-refractivity contribution in [3.05, 3.63) is 78.9 Å². The van der Waals surface area contributed by atoms with E-state index in [1.807, 2.05) is 0 Å². The molecule has 2 amide bonds. The molecular weight excluding hydrogens is 404 g/mol. The molecule has 0 spiro atoms. The normalized spacial score (nSPS) is 15.5. The van der Waals surface area contributed by atoms with Gasteiger partial charge in [0.15, 0.2) is 0 Å². The largest absolute Gasteiger partial charge is 0.350 e. The van der Waals surface area contributed by atoms with E-state index in [0.29, 0.717) is 24.1 Å². The second-order valence-electron chi connectivity index (χ2n) is 7.52. The lowest BCUT2D eigenvalue weighted by Crippen LogP contribution is -2.43. The highest BCUT2D eigenvalue weighted by atomic mass is 16.6. The van der Waals surface area contributed by atoms with Crippen molar-refractivity contribution in [2.75, 3.05) is 13.1 Å². The third kappa shape index (κ3) is 4.68. The Morgan fingerprint density at radius 1 is 1.00 bits per heavy atom. The van der Waals surface area contributed by atoms with Crippen molar-refractivity contribution in [3.63, 3.8) is 0 Å². The minimum absolute atomic E-state index is 0.115. The van der Waals surface area contributed by atoms with Crippen LogP contribution in [0.3, 0.4) is 0 Å². The molecule has 10 nitrogen and oxygen atoms in total. The number of likely N-dealkylation sites (tertiary alicyclic amines) is 1. The molecule has 1 heterocycles. The van der Waals surface area contributed by atoms with Crippen molar-refractivity contribution in [1.29, 1.82) is 0 Å². The van der Waals surface area contributed by atoms with Crippen LogP contribution >= 0.6 is 0 Å². The second kappa shape index (κ2) is 8.90. The zero-order valence-corrected chi connectivity index (χ0v) is 17.2. The van der Waals surface area contributed by atoms with Crippen molar-refractivity contribution in [2.24, 2.45) is 0 Å². The number of rotatable bonds is 6. The highest BCUT2D eigenvalue weighted by Crippen LogP contribution is 2.24. The van der Waals surface area contributed by atoms with Crippen molar-refractivity contribution in [1.82, 2.24) is 10.2 Å². The summed E-state index contributed by atoms with van der Waals surface area (Å²) in [7, 11) is 0. The molecule has 1 aliphatic heterocycles. The van der Waals surface area contributed by atoms with Crippen molar-refractivity contribution in [2.45, 2.75) is 32.7 Å². The third-order valence-corrected chi connectivity index (χ3v) is 5.46. The fraction of sp³-hybridized carbons (Fsp3) is 0.333. The number of benzene rings is 2. The number of nitrogens with zero attached hydrogens (tertiary/aromatic N) is 3. The Morgan fingerprint density at radius 2 is 1.55 bits per heavy atom. The Labute approximate surface area is 178 Å². The standard InChI is InChI=1S/C21H22N4O6/c1-13-5-7-15(10-18(13)24(28)29)20(26)22-12-17-4-3-9-23(17)21(27)16-8-6-14(2)19(11-16)25(30)31/h5-8,10-11,17H,3-4,9,12H2,1-2H3,(H,22,26)/t17-/m1/s1. The van der Waals surface area contributed by atoms with Crippen LogP contribution in [-0.4, -0.2) is 45.7 Å². The van der Waals surface area contributed by atoms with Gasteiger partial charge in [-0.3, -0.25) is 29.8 Å². The van der Waals surface area contributed by atoms with Crippen LogP contribution in [0, 0.1) is 34.1 Å². The summed E-state index contributed by atoms with van der Waals surface area (Å²) in [6, 6.07) is 8.37. The summed E-state index contributed by atoms with van der Waals surface area (Å²) in [5, 5.41) is 25.0. The molecule has 2 aromatic rings. The summed E-state index contributed by atoms with van der Waals surface area (Å²) in [5.41, 5.74) is 1.08. The number of carbonyl (C=O) groups excluding carboxylic acids is 2. The lowest BCUT2D eigenvalue weighted by molar-refractivity contribution is -0.385. The zero-order valence-electron chi connectivity index (χ0n) is 17.2. The van der Waals surface area contributed by atoms with Crippen LogP contribution in [0.4, 0.5) is 11.4 Å². The number of hydrogen-bond donors (Lipinski definition) is 1. The topological polar surface area (TPSA) is 136 Å². The minimum atomic E-state index is -0.537. The molecular formula is C21H22N4O6. The molecule has 2 aromatic carbocycles. The predicted molar refractivity (Wildman–Crippen MR) is 112 cm³/mol. The van der Waals surface area contributed by atoms with Crippen molar-refractivity contribution in [3.8, 4) is 0 Å². The Hall–Kier alpha value is -3.82. The Morgan fingerprint density at radius 3 is 2.13 bits per heavy atom. The SMILES string of the molecule is Cc1ccc(C(=O)NC[C@H]2CCCN2C(=O)c2ccc(C)c([N+](=O)[O-])c2)cc1[N+](=O)[O-]. The molecule has 162 valence electrons. The second-order valence-corrected chi connectivity index (χ2v) is 7.52. The smallest absolute Gasteiger partial charge is 0.273 e. The summed E-state index contributed by atoms with van der Waals surface area (Å²) in [4.78, 5) is 48.2. The van der Waals surface area contributed by atoms with Crippen molar-refractivity contribution < 1.29 is 19.4 Å². The van der Waals surface area contributed by atoms with Gasteiger partial charge in [0.2, 0.25) is 0 Å². The molecule has 1 atom stereocenters. The lowest BCUT2D eigenvalue weighted by atomic mass is 10.1. The van der Waals surface area contributed by atoms with Gasteiger partial charge < -0.3 is 10.2 Å². The molecule has 1 aliphatic rings. The molecule has 1 saturated heterocycles.